The van der Waals surface area contributed by atoms with Crippen LogP contribution < -0.4 is 10.6 Å². The molecule has 0 spiro atoms. The van der Waals surface area contributed by atoms with Gasteiger partial charge in [0, 0.05) is 25.2 Å². The van der Waals surface area contributed by atoms with Crippen molar-refractivity contribution in [1.29, 1.82) is 0 Å². The van der Waals surface area contributed by atoms with Crippen molar-refractivity contribution in [2.24, 2.45) is 4.99 Å². The van der Waals surface area contributed by atoms with Crippen molar-refractivity contribution >= 4 is 29.9 Å². The Hall–Kier alpha value is -0.0400. The van der Waals surface area contributed by atoms with Crippen molar-refractivity contribution in [2.75, 3.05) is 19.7 Å². The van der Waals surface area contributed by atoms with E-state index >= 15 is 0 Å². The highest BCUT2D eigenvalue weighted by Crippen LogP contribution is 2.20. The molecule has 1 rings (SSSR count). The molecule has 0 aromatic rings. The van der Waals surface area contributed by atoms with E-state index in [9.17, 15) is 0 Å². The van der Waals surface area contributed by atoms with Gasteiger partial charge in [-0.05, 0) is 47.0 Å². The van der Waals surface area contributed by atoms with Crippen LogP contribution in [0.4, 0.5) is 0 Å². The summed E-state index contributed by atoms with van der Waals surface area (Å²) >= 11 is 0. The molecular weight excluding hydrogens is 365 g/mol. The maximum atomic E-state index is 5.84. The first-order valence-electron chi connectivity index (χ1n) is 7.69. The number of nitrogens with one attached hydrogen (secondary N) is 2. The molecule has 1 saturated carbocycles. The van der Waals surface area contributed by atoms with E-state index in [-0.39, 0.29) is 29.5 Å². The lowest BCUT2D eigenvalue weighted by molar-refractivity contribution is 0.0579. The van der Waals surface area contributed by atoms with Crippen LogP contribution in [0.5, 0.6) is 0 Å². The van der Waals surface area contributed by atoms with Crippen LogP contribution in [-0.4, -0.2) is 37.3 Å². The van der Waals surface area contributed by atoms with Gasteiger partial charge in [-0.1, -0.05) is 12.8 Å². The fraction of sp³-hybridized carbons (Fsp3) is 0.933. The predicted molar refractivity (Wildman–Crippen MR) is 97.1 cm³/mol. The van der Waals surface area contributed by atoms with Gasteiger partial charge in [-0.3, -0.25) is 4.99 Å². The van der Waals surface area contributed by atoms with Gasteiger partial charge in [-0.25, -0.2) is 0 Å². The third kappa shape index (κ3) is 9.80. The molecule has 20 heavy (non-hydrogen) atoms. The van der Waals surface area contributed by atoms with Crippen LogP contribution in [0.2, 0.25) is 0 Å². The lowest BCUT2D eigenvalue weighted by Gasteiger charge is -2.23. The van der Waals surface area contributed by atoms with E-state index in [0.717, 1.165) is 32.1 Å². The van der Waals surface area contributed by atoms with Crippen LogP contribution in [0.15, 0.2) is 4.99 Å². The Morgan fingerprint density at radius 2 is 1.90 bits per heavy atom. The minimum atomic E-state index is 0. The van der Waals surface area contributed by atoms with Crippen molar-refractivity contribution in [1.82, 2.24) is 10.6 Å². The number of guanidine groups is 1. The van der Waals surface area contributed by atoms with Crippen LogP contribution in [-0.2, 0) is 4.74 Å². The van der Waals surface area contributed by atoms with E-state index in [0.29, 0.717) is 6.10 Å². The zero-order valence-corrected chi connectivity index (χ0v) is 15.8. The van der Waals surface area contributed by atoms with Gasteiger partial charge in [0.25, 0.3) is 0 Å². The molecule has 0 amide bonds. The molecule has 1 aliphatic rings. The average Bonchev–Trinajstić information content (AvgIpc) is 2.79. The van der Waals surface area contributed by atoms with Crippen LogP contribution in [0.25, 0.3) is 0 Å². The Kier molecular flexibility index (Phi) is 10.6. The van der Waals surface area contributed by atoms with Crippen molar-refractivity contribution in [3.05, 3.63) is 0 Å². The van der Waals surface area contributed by atoms with Crippen LogP contribution >= 0.6 is 24.0 Å². The van der Waals surface area contributed by atoms with Gasteiger partial charge >= 0.3 is 0 Å². The normalized spacial score (nSPS) is 16.9. The summed E-state index contributed by atoms with van der Waals surface area (Å²) in [6.45, 7) is 11.1. The molecule has 120 valence electrons. The molecule has 4 nitrogen and oxygen atoms in total. The molecule has 0 heterocycles. The summed E-state index contributed by atoms with van der Waals surface area (Å²) in [4.78, 5) is 4.58. The molecule has 5 heteroatoms. The number of aliphatic imine (C=N–C) groups is 1. The lowest BCUT2D eigenvalue weighted by Crippen LogP contribution is -2.47. The first kappa shape index (κ1) is 20.0. The topological polar surface area (TPSA) is 45.7 Å². The van der Waals surface area contributed by atoms with Crippen molar-refractivity contribution < 1.29 is 4.74 Å². The fourth-order valence-corrected chi connectivity index (χ4v) is 2.22. The third-order valence-electron chi connectivity index (χ3n) is 3.07. The van der Waals surface area contributed by atoms with Gasteiger partial charge < -0.3 is 15.4 Å². The summed E-state index contributed by atoms with van der Waals surface area (Å²) < 4.78 is 5.84. The number of hydrogen-bond donors (Lipinski definition) is 2. The quantitative estimate of drug-likeness (QED) is 0.313. The van der Waals surface area contributed by atoms with Gasteiger partial charge in [-0.15, -0.1) is 24.0 Å². The number of halogens is 1. The lowest BCUT2D eigenvalue weighted by atomic mass is 10.1. The van der Waals surface area contributed by atoms with E-state index in [4.69, 9.17) is 4.74 Å². The maximum Gasteiger partial charge on any atom is 0.191 e. The molecule has 0 aromatic carbocycles. The zero-order chi connectivity index (χ0) is 14.1. The summed E-state index contributed by atoms with van der Waals surface area (Å²) in [7, 11) is 0. The standard InChI is InChI=1S/C15H31N3O.HI/c1-5-16-14(18-15(2,3)4)17-11-8-12-19-13-9-6-7-10-13;/h13H,5-12H2,1-4H3,(H2,16,17,18);1H. The smallest absolute Gasteiger partial charge is 0.191 e. The minimum Gasteiger partial charge on any atom is -0.378 e. The molecule has 0 atom stereocenters. The number of rotatable bonds is 6. The molecule has 0 radical (unpaired) electrons. The molecule has 0 aliphatic heterocycles. The van der Waals surface area contributed by atoms with Crippen molar-refractivity contribution in [3.8, 4) is 0 Å². The van der Waals surface area contributed by atoms with Crippen LogP contribution in [0.1, 0.15) is 59.8 Å². The molecular formula is C15H32IN3O. The van der Waals surface area contributed by atoms with Gasteiger partial charge in [-0.2, -0.15) is 0 Å². The first-order chi connectivity index (χ1) is 9.01. The molecule has 0 bridgehead atoms. The predicted octanol–water partition coefficient (Wildman–Crippen LogP) is 3.31. The highest BCUT2D eigenvalue weighted by atomic mass is 127. The van der Waals surface area contributed by atoms with Gasteiger partial charge in [0.05, 0.1) is 6.10 Å². The maximum absolute atomic E-state index is 5.84. The second-order valence-corrected chi connectivity index (χ2v) is 6.27. The van der Waals surface area contributed by atoms with E-state index in [1.807, 2.05) is 0 Å². The first-order valence-corrected chi connectivity index (χ1v) is 7.69. The Morgan fingerprint density at radius 1 is 1.25 bits per heavy atom. The van der Waals surface area contributed by atoms with Crippen molar-refractivity contribution in [2.45, 2.75) is 71.4 Å². The van der Waals surface area contributed by atoms with Gasteiger partial charge in [0.2, 0.25) is 0 Å². The summed E-state index contributed by atoms with van der Waals surface area (Å²) in [6.07, 6.45) is 6.68. The SMILES string of the molecule is CCNC(=NCCCOC1CCCC1)NC(C)(C)C.I. The summed E-state index contributed by atoms with van der Waals surface area (Å²) in [5.41, 5.74) is 0.0430. The van der Waals surface area contributed by atoms with E-state index < -0.39 is 0 Å². The molecule has 2 N–H and O–H groups in total. The Balaban J connectivity index is 0.00000361. The Bertz CT molecular complexity index is 271. The molecule has 1 aliphatic carbocycles. The zero-order valence-electron chi connectivity index (χ0n) is 13.5. The molecule has 0 aromatic heterocycles. The number of hydrogen-bond acceptors (Lipinski definition) is 2. The third-order valence-corrected chi connectivity index (χ3v) is 3.07. The molecule has 0 saturated heterocycles. The summed E-state index contributed by atoms with van der Waals surface area (Å²) in [6, 6.07) is 0. The van der Waals surface area contributed by atoms with Gasteiger partial charge in [0.15, 0.2) is 5.96 Å². The number of ether oxygens (including phenoxy) is 1. The second-order valence-electron chi connectivity index (χ2n) is 6.27. The van der Waals surface area contributed by atoms with Crippen LogP contribution in [0.3, 0.4) is 0 Å². The van der Waals surface area contributed by atoms with Gasteiger partial charge in [0.1, 0.15) is 0 Å². The highest BCUT2D eigenvalue weighted by molar-refractivity contribution is 14.0. The molecule has 0 unspecified atom stereocenters. The highest BCUT2D eigenvalue weighted by Gasteiger charge is 2.14. The number of nitrogens with zero attached hydrogens (tertiary/aromatic N) is 1. The Labute approximate surface area is 141 Å². The second kappa shape index (κ2) is 10.7. The Morgan fingerprint density at radius 3 is 2.45 bits per heavy atom. The summed E-state index contributed by atoms with van der Waals surface area (Å²) in [5.74, 6) is 0.899. The largest absolute Gasteiger partial charge is 0.378 e. The monoisotopic (exact) mass is 397 g/mol. The fourth-order valence-electron chi connectivity index (χ4n) is 2.22. The van der Waals surface area contributed by atoms with Crippen molar-refractivity contribution in [3.63, 3.8) is 0 Å². The van der Waals surface area contributed by atoms with Crippen LogP contribution in [0, 0.1) is 0 Å². The van der Waals surface area contributed by atoms with E-state index in [1.54, 1.807) is 0 Å². The molecule has 1 fully saturated rings. The average molecular weight is 397 g/mol. The van der Waals surface area contributed by atoms with E-state index in [1.165, 1.54) is 25.7 Å². The summed E-state index contributed by atoms with van der Waals surface area (Å²) in [5, 5.41) is 6.66. The van der Waals surface area contributed by atoms with E-state index in [2.05, 4.69) is 43.3 Å². The minimum absolute atomic E-state index is 0.